The van der Waals surface area contributed by atoms with Crippen LogP contribution < -0.4 is 0 Å². The van der Waals surface area contributed by atoms with E-state index in [0.29, 0.717) is 29.3 Å². The fraction of sp³-hybridized carbons (Fsp3) is 0.0484. The molecule has 0 spiro atoms. The molecule has 0 aliphatic heterocycles. The van der Waals surface area contributed by atoms with Gasteiger partial charge in [0.15, 0.2) is 17.5 Å². The van der Waals surface area contributed by atoms with E-state index >= 15 is 0 Å². The number of nitrogens with zero attached hydrogens (tertiary/aromatic N) is 4. The fourth-order valence-electron chi connectivity index (χ4n) is 11.0. The molecule has 4 aromatic heterocycles. The molecular weight excluding hydrogens is 849 g/mol. The van der Waals surface area contributed by atoms with Crippen molar-refractivity contribution in [1.29, 1.82) is 0 Å². The monoisotopic (exact) mass is 886 g/mol. The van der Waals surface area contributed by atoms with Crippen molar-refractivity contribution in [2.45, 2.75) is 12.3 Å². The van der Waals surface area contributed by atoms with Crippen LogP contribution in [0, 0.1) is 5.92 Å². The molecule has 2 unspecified atom stereocenters. The van der Waals surface area contributed by atoms with Gasteiger partial charge in [0.25, 0.3) is 0 Å². The number of aromatic nitrogens is 4. The minimum absolute atomic E-state index is 0.583. The molecule has 0 radical (unpaired) electrons. The lowest BCUT2D eigenvalue weighted by molar-refractivity contribution is 0.669. The van der Waals surface area contributed by atoms with Gasteiger partial charge in [-0.2, -0.15) is 0 Å². The third-order valence-corrected chi connectivity index (χ3v) is 15.6. The molecule has 5 nitrogen and oxygen atoms in total. The van der Waals surface area contributed by atoms with Gasteiger partial charge in [0, 0.05) is 81.3 Å². The molecule has 6 heteroatoms. The van der Waals surface area contributed by atoms with E-state index in [2.05, 4.69) is 168 Å². The predicted octanol–water partition coefficient (Wildman–Crippen LogP) is 16.5. The minimum atomic E-state index is 0.583. The molecule has 0 amide bonds. The number of hydrogen-bond acceptors (Lipinski definition) is 5. The number of fused-ring (bicyclic) bond motifs is 13. The average molecular weight is 887 g/mol. The molecule has 9 aromatic carbocycles. The van der Waals surface area contributed by atoms with E-state index in [4.69, 9.17) is 19.4 Å². The highest BCUT2D eigenvalue weighted by molar-refractivity contribution is 7.19. The van der Waals surface area contributed by atoms with Crippen molar-refractivity contribution in [2.75, 3.05) is 0 Å². The molecule has 1 saturated carbocycles. The van der Waals surface area contributed by atoms with Gasteiger partial charge in [-0.05, 0) is 76.9 Å². The number of rotatable bonds is 6. The van der Waals surface area contributed by atoms with Crippen LogP contribution in [0.1, 0.15) is 28.3 Å². The van der Waals surface area contributed by atoms with E-state index in [0.717, 1.165) is 49.8 Å². The quantitative estimate of drug-likeness (QED) is 0.167. The largest absolute Gasteiger partial charge is 0.456 e. The van der Waals surface area contributed by atoms with Gasteiger partial charge in [0.1, 0.15) is 11.2 Å². The van der Waals surface area contributed by atoms with Crippen LogP contribution in [0.3, 0.4) is 0 Å². The first kappa shape index (κ1) is 37.7. The van der Waals surface area contributed by atoms with E-state index in [1.807, 2.05) is 53.8 Å². The summed E-state index contributed by atoms with van der Waals surface area (Å²) in [5.74, 6) is 3.06. The zero-order valence-electron chi connectivity index (χ0n) is 36.6. The zero-order chi connectivity index (χ0) is 44.5. The van der Waals surface area contributed by atoms with Crippen LogP contribution in [0.15, 0.2) is 211 Å². The number of allylic oxidation sites excluding steroid dienone is 1. The molecule has 4 heterocycles. The summed E-state index contributed by atoms with van der Waals surface area (Å²) in [6, 6.07) is 71.6. The molecule has 15 rings (SSSR count). The first-order valence-electron chi connectivity index (χ1n) is 23.3. The van der Waals surface area contributed by atoms with Crippen LogP contribution in [-0.4, -0.2) is 19.5 Å². The Labute approximate surface area is 395 Å². The van der Waals surface area contributed by atoms with Crippen molar-refractivity contribution in [3.63, 3.8) is 0 Å². The molecule has 2 aliphatic rings. The Hall–Kier alpha value is -8.45. The van der Waals surface area contributed by atoms with Crippen molar-refractivity contribution in [3.05, 3.63) is 222 Å². The summed E-state index contributed by atoms with van der Waals surface area (Å²) in [6.45, 7) is 0. The number of benzene rings is 9. The summed E-state index contributed by atoms with van der Waals surface area (Å²) in [5, 5.41) is 8.33. The van der Waals surface area contributed by atoms with Gasteiger partial charge in [-0.1, -0.05) is 164 Å². The fourth-order valence-corrected chi connectivity index (χ4v) is 12.4. The van der Waals surface area contributed by atoms with Gasteiger partial charge in [0.05, 0.1) is 11.0 Å². The molecule has 13 aromatic rings. The maximum atomic E-state index is 6.34. The molecular formula is C62H38N4OS. The molecule has 318 valence electrons. The summed E-state index contributed by atoms with van der Waals surface area (Å²) in [5.41, 5.74) is 14.1. The number of thiophene rings is 1. The Morgan fingerprint density at radius 1 is 0.456 bits per heavy atom. The highest BCUT2D eigenvalue weighted by Gasteiger charge is 2.44. The van der Waals surface area contributed by atoms with Gasteiger partial charge >= 0.3 is 0 Å². The molecule has 0 N–H and O–H groups in total. The minimum Gasteiger partial charge on any atom is -0.456 e. The van der Waals surface area contributed by atoms with Crippen molar-refractivity contribution in [2.24, 2.45) is 5.92 Å². The average Bonchev–Trinajstić information content (AvgIpc) is 3.76. The second-order valence-electron chi connectivity index (χ2n) is 18.3. The van der Waals surface area contributed by atoms with Crippen molar-refractivity contribution in [3.8, 4) is 51.0 Å². The van der Waals surface area contributed by atoms with Crippen LogP contribution in [0.25, 0.3) is 121 Å². The normalized spacial score (nSPS) is 15.4. The summed E-state index contributed by atoms with van der Waals surface area (Å²) in [4.78, 5) is 17.1. The second kappa shape index (κ2) is 14.5. The Balaban J connectivity index is 0.929. The third kappa shape index (κ3) is 5.77. The van der Waals surface area contributed by atoms with Gasteiger partial charge in [-0.3, -0.25) is 0 Å². The van der Waals surface area contributed by atoms with Crippen molar-refractivity contribution >= 4 is 81.5 Å². The molecule has 0 saturated heterocycles. The molecule has 1 fully saturated rings. The molecule has 2 atom stereocenters. The highest BCUT2D eigenvalue weighted by atomic mass is 32.1. The maximum Gasteiger partial charge on any atom is 0.164 e. The van der Waals surface area contributed by atoms with Crippen LogP contribution in [0.5, 0.6) is 0 Å². The molecule has 2 aliphatic carbocycles. The molecule has 0 bridgehead atoms. The van der Waals surface area contributed by atoms with Crippen LogP contribution in [0.4, 0.5) is 0 Å². The Morgan fingerprint density at radius 2 is 1.10 bits per heavy atom. The van der Waals surface area contributed by atoms with Gasteiger partial charge < -0.3 is 8.98 Å². The number of furan rings is 1. The maximum absolute atomic E-state index is 6.34. The van der Waals surface area contributed by atoms with Crippen molar-refractivity contribution < 1.29 is 4.42 Å². The Morgan fingerprint density at radius 3 is 2.00 bits per heavy atom. The zero-order valence-corrected chi connectivity index (χ0v) is 37.4. The second-order valence-corrected chi connectivity index (χ2v) is 19.3. The Kier molecular flexibility index (Phi) is 8.06. The van der Waals surface area contributed by atoms with Crippen molar-refractivity contribution in [1.82, 2.24) is 19.5 Å². The summed E-state index contributed by atoms with van der Waals surface area (Å²) < 4.78 is 10.2. The standard InChI is InChI=1S/C62H38N4OS/c1-2-14-37(15-3-1)60-63-61(65-62(64-60)41-28-29-47-46-21-6-8-25-53(46)67-54(47)35-41)40-18-11-19-43(32-40)66-57-44-20-5-4-13-36(44)27-30-49(57)48-24-12-23-45(58(48)66)38-16-10-17-39(31-38)51-33-42-34-52(42)59-56(51)50-22-7-9-26-55(50)68-59/h1-33,35,42,52H,34H2. The molecule has 68 heavy (non-hydrogen) atoms. The Bertz CT molecular complexity index is 4270. The van der Waals surface area contributed by atoms with Crippen LogP contribution >= 0.6 is 11.3 Å². The summed E-state index contributed by atoms with van der Waals surface area (Å²) in [6.07, 6.45) is 3.81. The lowest BCUT2D eigenvalue weighted by Gasteiger charge is -2.17. The van der Waals surface area contributed by atoms with Gasteiger partial charge in [-0.15, -0.1) is 11.3 Å². The van der Waals surface area contributed by atoms with Gasteiger partial charge in [0.2, 0.25) is 0 Å². The lowest BCUT2D eigenvalue weighted by Crippen LogP contribution is -2.01. The number of hydrogen-bond donors (Lipinski definition) is 0. The summed E-state index contributed by atoms with van der Waals surface area (Å²) >= 11 is 1.99. The predicted molar refractivity (Wildman–Crippen MR) is 280 cm³/mol. The lowest BCUT2D eigenvalue weighted by atomic mass is 9.88. The third-order valence-electron chi connectivity index (χ3n) is 14.3. The number of para-hydroxylation sites is 2. The van der Waals surface area contributed by atoms with E-state index in [-0.39, 0.29) is 0 Å². The van der Waals surface area contributed by atoms with Gasteiger partial charge in [-0.25, -0.2) is 15.0 Å². The summed E-state index contributed by atoms with van der Waals surface area (Å²) in [7, 11) is 0. The highest BCUT2D eigenvalue weighted by Crippen LogP contribution is 2.60. The first-order valence-corrected chi connectivity index (χ1v) is 24.1. The van der Waals surface area contributed by atoms with Crippen LogP contribution in [0.2, 0.25) is 0 Å². The van der Waals surface area contributed by atoms with E-state index in [1.165, 1.54) is 71.4 Å². The SMILES string of the molecule is C1=C(c2cccc(-c3cccc4c5ccc6ccccc6c5n(-c5cccc(-c6nc(-c7ccccc7)nc(-c7ccc8c(c7)oc7ccccc78)n6)c5)c34)c2)c2c(sc3ccccc23)C2CC12. The van der Waals surface area contributed by atoms with Crippen LogP contribution in [-0.2, 0) is 0 Å². The van der Waals surface area contributed by atoms with E-state index in [1.54, 1.807) is 4.88 Å². The first-order chi connectivity index (χ1) is 33.7. The van der Waals surface area contributed by atoms with E-state index < -0.39 is 0 Å². The smallest absolute Gasteiger partial charge is 0.164 e. The topological polar surface area (TPSA) is 56.7 Å². The van der Waals surface area contributed by atoms with E-state index in [9.17, 15) is 0 Å².